The van der Waals surface area contributed by atoms with Crippen LogP contribution in [-0.4, -0.2) is 56.7 Å². The molecule has 0 saturated carbocycles. The Balaban J connectivity index is 1.41. The summed E-state index contributed by atoms with van der Waals surface area (Å²) in [5.74, 6) is 0.178. The zero-order chi connectivity index (χ0) is 22.2. The summed E-state index contributed by atoms with van der Waals surface area (Å²) in [5, 5.41) is 5.22. The van der Waals surface area contributed by atoms with Gasteiger partial charge in [-0.05, 0) is 43.3 Å². The standard InChI is InChI=1S/C23H20F2N6O/c1-15-27-21(19-14-26-31(22(19)28-15)17-8-6-16(24)7-9-17)29-10-12-30(13-11-29)23(32)18-4-2-3-5-20(18)25/h2-9,14H,10-13H2,1H3. The van der Waals surface area contributed by atoms with Crippen molar-refractivity contribution in [3.05, 3.63) is 77.8 Å². The van der Waals surface area contributed by atoms with Crippen molar-refractivity contribution in [1.29, 1.82) is 0 Å². The first-order valence-electron chi connectivity index (χ1n) is 10.3. The molecular weight excluding hydrogens is 414 g/mol. The second-order valence-corrected chi connectivity index (χ2v) is 7.62. The maximum absolute atomic E-state index is 14.0. The van der Waals surface area contributed by atoms with Gasteiger partial charge in [-0.25, -0.2) is 23.4 Å². The number of carbonyl (C=O) groups excluding carboxylic acids is 1. The number of fused-ring (bicyclic) bond motifs is 1. The van der Waals surface area contributed by atoms with Crippen LogP contribution in [0.25, 0.3) is 16.7 Å². The molecule has 0 atom stereocenters. The SMILES string of the molecule is Cc1nc(N2CCN(C(=O)c3ccccc3F)CC2)c2cnn(-c3ccc(F)cc3)c2n1. The Morgan fingerprint density at radius 1 is 0.938 bits per heavy atom. The molecule has 1 amide bonds. The van der Waals surface area contributed by atoms with Crippen LogP contribution in [0.5, 0.6) is 0 Å². The molecule has 5 rings (SSSR count). The van der Waals surface area contributed by atoms with E-state index in [4.69, 9.17) is 0 Å². The van der Waals surface area contributed by atoms with E-state index in [1.807, 2.05) is 6.92 Å². The fourth-order valence-electron chi connectivity index (χ4n) is 3.94. The number of halogens is 2. The van der Waals surface area contributed by atoms with Gasteiger partial charge in [0.2, 0.25) is 0 Å². The Kier molecular flexibility index (Phi) is 5.01. The fourth-order valence-corrected chi connectivity index (χ4v) is 3.94. The Morgan fingerprint density at radius 2 is 1.66 bits per heavy atom. The van der Waals surface area contributed by atoms with Gasteiger partial charge in [-0.15, -0.1) is 0 Å². The highest BCUT2D eigenvalue weighted by molar-refractivity contribution is 5.95. The van der Waals surface area contributed by atoms with Crippen LogP contribution in [0.3, 0.4) is 0 Å². The predicted molar refractivity (Wildman–Crippen MR) is 116 cm³/mol. The van der Waals surface area contributed by atoms with Gasteiger partial charge in [-0.2, -0.15) is 5.10 Å². The molecule has 1 aliphatic rings. The molecule has 1 fully saturated rings. The Labute approximate surface area is 182 Å². The van der Waals surface area contributed by atoms with Crippen LogP contribution in [0.2, 0.25) is 0 Å². The second kappa shape index (κ2) is 7.99. The fraction of sp³-hybridized carbons (Fsp3) is 0.217. The molecule has 2 aromatic carbocycles. The maximum Gasteiger partial charge on any atom is 0.256 e. The molecule has 0 unspecified atom stereocenters. The highest BCUT2D eigenvalue weighted by Gasteiger charge is 2.26. The molecule has 0 N–H and O–H groups in total. The number of aryl methyl sites for hydroxylation is 1. The maximum atomic E-state index is 14.0. The van der Waals surface area contributed by atoms with E-state index in [1.54, 1.807) is 40.0 Å². The summed E-state index contributed by atoms with van der Waals surface area (Å²) in [6.07, 6.45) is 1.70. The molecule has 32 heavy (non-hydrogen) atoms. The lowest BCUT2D eigenvalue weighted by Crippen LogP contribution is -2.49. The van der Waals surface area contributed by atoms with Crippen LogP contribution >= 0.6 is 0 Å². The first kappa shape index (κ1) is 20.0. The number of nitrogens with zero attached hydrogens (tertiary/aromatic N) is 6. The normalized spacial score (nSPS) is 14.2. The zero-order valence-corrected chi connectivity index (χ0v) is 17.4. The van der Waals surface area contributed by atoms with Crippen molar-refractivity contribution in [2.24, 2.45) is 0 Å². The summed E-state index contributed by atoms with van der Waals surface area (Å²) in [6, 6.07) is 12.1. The third kappa shape index (κ3) is 3.55. The van der Waals surface area contributed by atoms with Gasteiger partial charge in [0.25, 0.3) is 5.91 Å². The Hall–Kier alpha value is -3.88. The summed E-state index contributed by atoms with van der Waals surface area (Å²) in [5.41, 5.74) is 1.41. The molecular formula is C23H20F2N6O. The summed E-state index contributed by atoms with van der Waals surface area (Å²) >= 11 is 0. The van der Waals surface area contributed by atoms with Crippen molar-refractivity contribution < 1.29 is 13.6 Å². The number of aromatic nitrogens is 4. The van der Waals surface area contributed by atoms with Crippen LogP contribution in [0, 0.1) is 18.6 Å². The topological polar surface area (TPSA) is 67.2 Å². The monoisotopic (exact) mass is 434 g/mol. The van der Waals surface area contributed by atoms with Crippen molar-refractivity contribution >= 4 is 22.8 Å². The number of benzene rings is 2. The average Bonchev–Trinajstić information content (AvgIpc) is 3.23. The lowest BCUT2D eigenvalue weighted by atomic mass is 10.1. The van der Waals surface area contributed by atoms with Crippen molar-refractivity contribution in [2.75, 3.05) is 31.1 Å². The van der Waals surface area contributed by atoms with Crippen LogP contribution in [-0.2, 0) is 0 Å². The molecule has 4 aromatic rings. The number of anilines is 1. The van der Waals surface area contributed by atoms with E-state index in [2.05, 4.69) is 20.0 Å². The summed E-state index contributed by atoms with van der Waals surface area (Å²) in [4.78, 5) is 25.6. The summed E-state index contributed by atoms with van der Waals surface area (Å²) in [7, 11) is 0. The average molecular weight is 434 g/mol. The second-order valence-electron chi connectivity index (χ2n) is 7.62. The molecule has 7 nitrogen and oxygen atoms in total. The first-order valence-corrected chi connectivity index (χ1v) is 10.3. The molecule has 1 saturated heterocycles. The molecule has 3 heterocycles. The minimum atomic E-state index is -0.513. The third-order valence-electron chi connectivity index (χ3n) is 5.56. The van der Waals surface area contributed by atoms with Gasteiger partial charge in [0.05, 0.1) is 22.8 Å². The highest BCUT2D eigenvalue weighted by Crippen LogP contribution is 2.27. The number of rotatable bonds is 3. The quantitative estimate of drug-likeness (QED) is 0.495. The number of hydrogen-bond donors (Lipinski definition) is 0. The third-order valence-corrected chi connectivity index (χ3v) is 5.56. The molecule has 9 heteroatoms. The minimum absolute atomic E-state index is 0.0850. The van der Waals surface area contributed by atoms with E-state index >= 15 is 0 Å². The van der Waals surface area contributed by atoms with E-state index in [-0.39, 0.29) is 17.3 Å². The van der Waals surface area contributed by atoms with Gasteiger partial charge >= 0.3 is 0 Å². The van der Waals surface area contributed by atoms with Gasteiger partial charge < -0.3 is 9.80 Å². The minimum Gasteiger partial charge on any atom is -0.352 e. The number of piperazine rings is 1. The number of amides is 1. The van der Waals surface area contributed by atoms with E-state index in [0.29, 0.717) is 43.3 Å². The molecule has 1 aliphatic heterocycles. The van der Waals surface area contributed by atoms with E-state index in [9.17, 15) is 13.6 Å². The molecule has 0 bridgehead atoms. The van der Waals surface area contributed by atoms with E-state index < -0.39 is 5.82 Å². The summed E-state index contributed by atoms with van der Waals surface area (Å²) < 4.78 is 29.0. The van der Waals surface area contributed by atoms with Crippen LogP contribution in [0.4, 0.5) is 14.6 Å². The van der Waals surface area contributed by atoms with Gasteiger partial charge in [-0.3, -0.25) is 4.79 Å². The molecule has 0 radical (unpaired) electrons. The van der Waals surface area contributed by atoms with E-state index in [1.165, 1.54) is 24.3 Å². The van der Waals surface area contributed by atoms with Crippen molar-refractivity contribution in [2.45, 2.75) is 6.92 Å². The van der Waals surface area contributed by atoms with Gasteiger partial charge in [0.15, 0.2) is 5.65 Å². The largest absolute Gasteiger partial charge is 0.352 e. The molecule has 2 aromatic heterocycles. The van der Waals surface area contributed by atoms with E-state index in [0.717, 1.165) is 11.2 Å². The number of carbonyl (C=O) groups is 1. The smallest absolute Gasteiger partial charge is 0.256 e. The molecule has 0 aliphatic carbocycles. The van der Waals surface area contributed by atoms with Gasteiger partial charge in [0.1, 0.15) is 23.3 Å². The predicted octanol–water partition coefficient (Wildman–Crippen LogP) is 3.36. The van der Waals surface area contributed by atoms with Crippen molar-refractivity contribution in [3.8, 4) is 5.69 Å². The summed E-state index contributed by atoms with van der Waals surface area (Å²) in [6.45, 7) is 3.80. The van der Waals surface area contributed by atoms with Gasteiger partial charge in [-0.1, -0.05) is 12.1 Å². The number of hydrogen-bond acceptors (Lipinski definition) is 5. The first-order chi connectivity index (χ1) is 15.5. The van der Waals surface area contributed by atoms with Gasteiger partial charge in [0, 0.05) is 26.2 Å². The highest BCUT2D eigenvalue weighted by atomic mass is 19.1. The Bertz CT molecular complexity index is 1300. The van der Waals surface area contributed by atoms with Crippen LogP contribution in [0.15, 0.2) is 54.7 Å². The van der Waals surface area contributed by atoms with Crippen LogP contribution < -0.4 is 4.90 Å². The van der Waals surface area contributed by atoms with Crippen molar-refractivity contribution in [3.63, 3.8) is 0 Å². The molecule has 162 valence electrons. The zero-order valence-electron chi connectivity index (χ0n) is 17.4. The Morgan fingerprint density at radius 3 is 2.38 bits per heavy atom. The lowest BCUT2D eigenvalue weighted by molar-refractivity contribution is 0.0742. The van der Waals surface area contributed by atoms with Crippen LogP contribution in [0.1, 0.15) is 16.2 Å². The van der Waals surface area contributed by atoms with Crippen molar-refractivity contribution in [1.82, 2.24) is 24.6 Å². The molecule has 0 spiro atoms. The lowest BCUT2D eigenvalue weighted by Gasteiger charge is -2.35.